The Hall–Kier alpha value is -3.59. The quantitative estimate of drug-likeness (QED) is 0.544. The zero-order valence-corrected chi connectivity index (χ0v) is 18.5. The summed E-state index contributed by atoms with van der Waals surface area (Å²) in [4.78, 5) is 31.1. The molecule has 2 N–H and O–H groups in total. The predicted molar refractivity (Wildman–Crippen MR) is 123 cm³/mol. The number of aromatic amines is 1. The number of nitrogens with zero attached hydrogens (tertiary/aromatic N) is 1. The molecule has 4 heterocycles. The Morgan fingerprint density at radius 2 is 2.03 bits per heavy atom. The number of rotatable bonds is 5. The first kappa shape index (κ1) is 21.9. The smallest absolute Gasteiger partial charge is 0.361 e. The SMILES string of the molecule is O=C(NCCc1c[nH]c2ccccc12)[C@H]1[C@H]2C=C[C@@]3(CN(c4cccc(C(F)(F)F)c4)C(=O)[C@@H]13)O2. The van der Waals surface area contributed by atoms with E-state index in [4.69, 9.17) is 4.74 Å². The van der Waals surface area contributed by atoms with E-state index in [9.17, 15) is 22.8 Å². The third kappa shape index (κ3) is 3.44. The third-order valence-electron chi connectivity index (χ3n) is 7.26. The highest BCUT2D eigenvalue weighted by Crippen LogP contribution is 2.52. The van der Waals surface area contributed by atoms with Crippen LogP contribution in [0.2, 0.25) is 0 Å². The molecule has 2 amide bonds. The normalized spacial score (nSPS) is 27.1. The van der Waals surface area contributed by atoms with Crippen LogP contribution in [-0.2, 0) is 26.9 Å². The van der Waals surface area contributed by atoms with Gasteiger partial charge in [-0.3, -0.25) is 9.59 Å². The van der Waals surface area contributed by atoms with Crippen LogP contribution >= 0.6 is 0 Å². The van der Waals surface area contributed by atoms with Gasteiger partial charge in [-0.2, -0.15) is 13.2 Å². The molecule has 6 rings (SSSR count). The summed E-state index contributed by atoms with van der Waals surface area (Å²) in [5.41, 5.74) is 0.412. The Bertz CT molecular complexity index is 1360. The van der Waals surface area contributed by atoms with Gasteiger partial charge in [-0.05, 0) is 36.2 Å². The van der Waals surface area contributed by atoms with Crippen LogP contribution in [0.1, 0.15) is 11.1 Å². The first-order valence-corrected chi connectivity index (χ1v) is 11.5. The van der Waals surface area contributed by atoms with Gasteiger partial charge in [0, 0.05) is 29.3 Å². The highest BCUT2D eigenvalue weighted by Gasteiger charge is 2.67. The molecule has 4 atom stereocenters. The number of H-pyrrole nitrogens is 1. The first-order chi connectivity index (χ1) is 16.8. The van der Waals surface area contributed by atoms with Crippen molar-refractivity contribution in [2.45, 2.75) is 24.3 Å². The second-order valence-corrected chi connectivity index (χ2v) is 9.27. The number of anilines is 1. The number of carbonyl (C=O) groups is 2. The minimum atomic E-state index is -4.52. The van der Waals surface area contributed by atoms with Crippen molar-refractivity contribution >= 4 is 28.4 Å². The second kappa shape index (κ2) is 7.71. The van der Waals surface area contributed by atoms with Gasteiger partial charge in [0.05, 0.1) is 30.0 Å². The van der Waals surface area contributed by atoms with Crippen molar-refractivity contribution in [3.63, 3.8) is 0 Å². The maximum Gasteiger partial charge on any atom is 0.416 e. The van der Waals surface area contributed by atoms with Gasteiger partial charge in [-0.1, -0.05) is 36.4 Å². The summed E-state index contributed by atoms with van der Waals surface area (Å²) in [6.45, 7) is 0.461. The molecule has 180 valence electrons. The maximum atomic E-state index is 13.4. The van der Waals surface area contributed by atoms with Crippen molar-refractivity contribution in [2.75, 3.05) is 18.0 Å². The number of hydrogen-bond acceptors (Lipinski definition) is 3. The van der Waals surface area contributed by atoms with Crippen LogP contribution in [-0.4, -0.2) is 41.6 Å². The van der Waals surface area contributed by atoms with Gasteiger partial charge in [-0.15, -0.1) is 0 Å². The summed E-state index contributed by atoms with van der Waals surface area (Å²) < 4.78 is 45.7. The molecule has 0 saturated carbocycles. The van der Waals surface area contributed by atoms with E-state index in [1.165, 1.54) is 17.0 Å². The van der Waals surface area contributed by atoms with E-state index in [0.717, 1.165) is 28.6 Å². The Morgan fingerprint density at radius 3 is 2.86 bits per heavy atom. The molecular formula is C26H22F3N3O3. The van der Waals surface area contributed by atoms with Crippen molar-refractivity contribution < 1.29 is 27.5 Å². The van der Waals surface area contributed by atoms with Gasteiger partial charge in [0.15, 0.2) is 0 Å². The molecule has 0 unspecified atom stereocenters. The molecule has 3 aromatic rings. The van der Waals surface area contributed by atoms with E-state index in [1.807, 2.05) is 30.5 Å². The fraction of sp³-hybridized carbons (Fsp3) is 0.308. The zero-order valence-electron chi connectivity index (χ0n) is 18.5. The number of fused-ring (bicyclic) bond motifs is 2. The van der Waals surface area contributed by atoms with Crippen molar-refractivity contribution in [3.05, 3.63) is 78.0 Å². The van der Waals surface area contributed by atoms with Crippen molar-refractivity contribution in [2.24, 2.45) is 11.8 Å². The average molecular weight is 481 g/mol. The Kier molecular flexibility index (Phi) is 4.83. The average Bonchev–Trinajstić information content (AvgIpc) is 3.59. The highest BCUT2D eigenvalue weighted by molar-refractivity contribution is 6.03. The van der Waals surface area contributed by atoms with Crippen LogP contribution in [0.25, 0.3) is 10.9 Å². The lowest BCUT2D eigenvalue weighted by atomic mass is 9.77. The number of aromatic nitrogens is 1. The summed E-state index contributed by atoms with van der Waals surface area (Å²) in [7, 11) is 0. The topological polar surface area (TPSA) is 74.4 Å². The molecule has 3 aliphatic heterocycles. The molecule has 9 heteroatoms. The molecule has 3 aliphatic rings. The Balaban J connectivity index is 1.19. The molecule has 2 bridgehead atoms. The largest absolute Gasteiger partial charge is 0.416 e. The van der Waals surface area contributed by atoms with E-state index in [0.29, 0.717) is 13.0 Å². The fourth-order valence-corrected chi connectivity index (χ4v) is 5.64. The van der Waals surface area contributed by atoms with Gasteiger partial charge in [0.2, 0.25) is 11.8 Å². The lowest BCUT2D eigenvalue weighted by molar-refractivity contribution is -0.137. The van der Waals surface area contributed by atoms with Gasteiger partial charge in [0.25, 0.3) is 0 Å². The van der Waals surface area contributed by atoms with Crippen LogP contribution in [0.3, 0.4) is 0 Å². The van der Waals surface area contributed by atoms with Gasteiger partial charge < -0.3 is 19.9 Å². The van der Waals surface area contributed by atoms with Crippen LogP contribution in [0.15, 0.2) is 66.9 Å². The number of benzene rings is 2. The van der Waals surface area contributed by atoms with E-state index in [2.05, 4.69) is 10.3 Å². The number of amides is 2. The number of ether oxygens (including phenoxy) is 1. The Labute approximate surface area is 198 Å². The Morgan fingerprint density at radius 1 is 1.20 bits per heavy atom. The summed E-state index contributed by atoms with van der Waals surface area (Å²) >= 11 is 0. The molecule has 1 aromatic heterocycles. The van der Waals surface area contributed by atoms with Crippen LogP contribution in [0.5, 0.6) is 0 Å². The molecule has 1 spiro atoms. The third-order valence-corrected chi connectivity index (χ3v) is 7.26. The molecule has 0 radical (unpaired) electrons. The lowest BCUT2D eigenvalue weighted by Crippen LogP contribution is -2.44. The van der Waals surface area contributed by atoms with E-state index < -0.39 is 41.2 Å². The maximum absolute atomic E-state index is 13.4. The number of para-hydroxylation sites is 1. The van der Waals surface area contributed by atoms with Crippen LogP contribution in [0.4, 0.5) is 18.9 Å². The minimum Gasteiger partial charge on any atom is -0.361 e. The standard InChI is InChI=1S/C26H22F3N3O3/c27-26(28,29)16-4-3-5-17(12-16)32-14-25-10-8-20(35-25)21(22(25)24(32)34)23(33)30-11-9-15-13-31-19-7-2-1-6-18(15)19/h1-8,10,12-13,20-22,31H,9,11,14H2,(H,30,33)/t20-,21+,22-,25+/m1/s1. The summed E-state index contributed by atoms with van der Waals surface area (Å²) in [6, 6.07) is 12.6. The summed E-state index contributed by atoms with van der Waals surface area (Å²) in [6.07, 6.45) is 1.05. The van der Waals surface area contributed by atoms with E-state index in [-0.39, 0.29) is 18.1 Å². The minimum absolute atomic E-state index is 0.0733. The fourth-order valence-electron chi connectivity index (χ4n) is 5.64. The molecule has 2 fully saturated rings. The number of hydrogen-bond donors (Lipinski definition) is 2. The van der Waals surface area contributed by atoms with Gasteiger partial charge in [-0.25, -0.2) is 0 Å². The molecule has 6 nitrogen and oxygen atoms in total. The van der Waals surface area contributed by atoms with Crippen molar-refractivity contribution in [1.29, 1.82) is 0 Å². The molecule has 2 saturated heterocycles. The van der Waals surface area contributed by atoms with Crippen LogP contribution < -0.4 is 10.2 Å². The highest BCUT2D eigenvalue weighted by atomic mass is 19.4. The molecule has 35 heavy (non-hydrogen) atoms. The predicted octanol–water partition coefficient (Wildman–Crippen LogP) is 3.83. The zero-order chi connectivity index (χ0) is 24.4. The van der Waals surface area contributed by atoms with Crippen molar-refractivity contribution in [3.8, 4) is 0 Å². The number of alkyl halides is 3. The molecule has 2 aromatic carbocycles. The summed E-state index contributed by atoms with van der Waals surface area (Å²) in [5.74, 6) is -2.19. The number of carbonyl (C=O) groups excluding carboxylic acids is 2. The lowest BCUT2D eigenvalue weighted by Gasteiger charge is -2.23. The molecule has 0 aliphatic carbocycles. The van der Waals surface area contributed by atoms with Gasteiger partial charge >= 0.3 is 6.18 Å². The van der Waals surface area contributed by atoms with E-state index >= 15 is 0 Å². The van der Waals surface area contributed by atoms with Crippen LogP contribution in [0, 0.1) is 11.8 Å². The second-order valence-electron chi connectivity index (χ2n) is 9.27. The van der Waals surface area contributed by atoms with Gasteiger partial charge in [0.1, 0.15) is 5.60 Å². The number of halogens is 3. The summed E-state index contributed by atoms with van der Waals surface area (Å²) in [5, 5.41) is 4.03. The number of nitrogens with one attached hydrogen (secondary N) is 2. The monoisotopic (exact) mass is 481 g/mol. The van der Waals surface area contributed by atoms with E-state index in [1.54, 1.807) is 12.2 Å². The molecular weight excluding hydrogens is 459 g/mol. The van der Waals surface area contributed by atoms with Crippen molar-refractivity contribution in [1.82, 2.24) is 10.3 Å². The first-order valence-electron chi connectivity index (χ1n) is 11.5.